The van der Waals surface area contributed by atoms with Gasteiger partial charge in [0.15, 0.2) is 0 Å². The van der Waals surface area contributed by atoms with Crippen LogP contribution in [-0.2, 0) is 6.42 Å². The number of nitrogens with zero attached hydrogens (tertiary/aromatic N) is 1. The number of nitrogens with one attached hydrogen (secondary N) is 1. The summed E-state index contributed by atoms with van der Waals surface area (Å²) in [6.07, 6.45) is 5.39. The largest absolute Gasteiger partial charge is 0.399 e. The van der Waals surface area contributed by atoms with Crippen molar-refractivity contribution in [1.82, 2.24) is 10.3 Å². The summed E-state index contributed by atoms with van der Waals surface area (Å²) in [5.74, 6) is 0.783. The molecular weight excluding hydrogens is 174 g/mol. The minimum Gasteiger partial charge on any atom is -0.399 e. The van der Waals surface area contributed by atoms with Crippen molar-refractivity contribution in [3.63, 3.8) is 0 Å². The van der Waals surface area contributed by atoms with Crippen LogP contribution in [0.25, 0.3) is 0 Å². The lowest BCUT2D eigenvalue weighted by atomic mass is 9.93. The second-order valence-electron chi connectivity index (χ2n) is 3.98. The molecular formula is C11H17N3. The molecule has 14 heavy (non-hydrogen) atoms. The predicted molar refractivity (Wildman–Crippen MR) is 57.9 cm³/mol. The van der Waals surface area contributed by atoms with Crippen molar-refractivity contribution in [3.8, 4) is 0 Å². The molecule has 1 aliphatic rings. The third-order valence-corrected chi connectivity index (χ3v) is 2.80. The molecule has 0 amide bonds. The number of hydrogen-bond donors (Lipinski definition) is 2. The minimum absolute atomic E-state index is 0.783. The molecule has 3 nitrogen and oxygen atoms in total. The summed E-state index contributed by atoms with van der Waals surface area (Å²) >= 11 is 0. The first-order valence-corrected chi connectivity index (χ1v) is 5.26. The van der Waals surface area contributed by atoms with Gasteiger partial charge in [-0.25, -0.2) is 0 Å². The highest BCUT2D eigenvalue weighted by molar-refractivity contribution is 5.37. The van der Waals surface area contributed by atoms with Crippen molar-refractivity contribution in [1.29, 1.82) is 0 Å². The molecule has 0 unspecified atom stereocenters. The Hall–Kier alpha value is -1.09. The van der Waals surface area contributed by atoms with Gasteiger partial charge in [0.1, 0.15) is 0 Å². The summed E-state index contributed by atoms with van der Waals surface area (Å²) in [5.41, 5.74) is 7.67. The highest BCUT2D eigenvalue weighted by atomic mass is 14.9. The lowest BCUT2D eigenvalue weighted by Crippen LogP contribution is -2.28. The van der Waals surface area contributed by atoms with Crippen LogP contribution in [0.1, 0.15) is 18.5 Å². The zero-order valence-corrected chi connectivity index (χ0v) is 8.37. The molecule has 0 spiro atoms. The Morgan fingerprint density at radius 1 is 1.43 bits per heavy atom. The number of nitrogen functional groups attached to an aromatic ring is 1. The Bertz CT molecular complexity index is 292. The van der Waals surface area contributed by atoms with E-state index in [1.165, 1.54) is 12.8 Å². The van der Waals surface area contributed by atoms with Gasteiger partial charge in [-0.15, -0.1) is 0 Å². The first kappa shape index (κ1) is 9.46. The molecule has 0 radical (unpaired) electrons. The van der Waals surface area contributed by atoms with Gasteiger partial charge in [0.05, 0.1) is 0 Å². The second-order valence-corrected chi connectivity index (χ2v) is 3.98. The fourth-order valence-electron chi connectivity index (χ4n) is 1.99. The van der Waals surface area contributed by atoms with E-state index in [-0.39, 0.29) is 0 Å². The molecule has 1 aromatic heterocycles. The van der Waals surface area contributed by atoms with E-state index >= 15 is 0 Å². The molecule has 0 saturated carbocycles. The average molecular weight is 191 g/mol. The summed E-state index contributed by atoms with van der Waals surface area (Å²) in [6, 6.07) is 3.83. The van der Waals surface area contributed by atoms with Crippen LogP contribution in [0.2, 0.25) is 0 Å². The first-order valence-electron chi connectivity index (χ1n) is 5.26. The molecule has 0 aliphatic carbocycles. The Labute approximate surface area is 84.7 Å². The summed E-state index contributed by atoms with van der Waals surface area (Å²) < 4.78 is 0. The van der Waals surface area contributed by atoms with Gasteiger partial charge < -0.3 is 11.1 Å². The van der Waals surface area contributed by atoms with Gasteiger partial charge in [-0.05, 0) is 50.4 Å². The van der Waals surface area contributed by atoms with Crippen LogP contribution < -0.4 is 11.1 Å². The van der Waals surface area contributed by atoms with Crippen LogP contribution in [0.5, 0.6) is 0 Å². The zero-order chi connectivity index (χ0) is 9.80. The van der Waals surface area contributed by atoms with Crippen molar-refractivity contribution in [2.75, 3.05) is 18.8 Å². The normalized spacial score (nSPS) is 18.3. The molecule has 1 fully saturated rings. The van der Waals surface area contributed by atoms with Crippen LogP contribution >= 0.6 is 0 Å². The molecule has 3 heteroatoms. The standard InChI is InChI=1S/C11H17N3/c12-10-3-6-14-11(8-10)7-9-1-4-13-5-2-9/h3,6,8-9,13H,1-2,4-5,7H2,(H2,12,14). The van der Waals surface area contributed by atoms with Crippen LogP contribution in [-0.4, -0.2) is 18.1 Å². The lowest BCUT2D eigenvalue weighted by Gasteiger charge is -2.22. The van der Waals surface area contributed by atoms with Gasteiger partial charge in [-0.1, -0.05) is 0 Å². The van der Waals surface area contributed by atoms with Crippen LogP contribution in [0.4, 0.5) is 5.69 Å². The molecule has 0 atom stereocenters. The van der Waals surface area contributed by atoms with E-state index in [2.05, 4.69) is 10.3 Å². The van der Waals surface area contributed by atoms with E-state index < -0.39 is 0 Å². The topological polar surface area (TPSA) is 50.9 Å². The Morgan fingerprint density at radius 2 is 2.21 bits per heavy atom. The molecule has 76 valence electrons. The van der Waals surface area contributed by atoms with E-state index in [0.29, 0.717) is 0 Å². The van der Waals surface area contributed by atoms with Gasteiger partial charge >= 0.3 is 0 Å². The predicted octanol–water partition coefficient (Wildman–Crippen LogP) is 1.21. The third-order valence-electron chi connectivity index (χ3n) is 2.80. The third kappa shape index (κ3) is 2.45. The molecule has 3 N–H and O–H groups in total. The molecule has 1 aliphatic heterocycles. The molecule has 1 saturated heterocycles. The Kier molecular flexibility index (Phi) is 2.99. The highest BCUT2D eigenvalue weighted by Gasteiger charge is 2.13. The van der Waals surface area contributed by atoms with E-state index in [9.17, 15) is 0 Å². The van der Waals surface area contributed by atoms with E-state index in [4.69, 9.17) is 5.73 Å². The maximum absolute atomic E-state index is 5.71. The van der Waals surface area contributed by atoms with Gasteiger partial charge in [-0.3, -0.25) is 4.98 Å². The molecule has 0 aromatic carbocycles. The minimum atomic E-state index is 0.783. The molecule has 0 bridgehead atoms. The summed E-state index contributed by atoms with van der Waals surface area (Å²) in [6.45, 7) is 2.29. The van der Waals surface area contributed by atoms with Gasteiger partial charge in [-0.2, -0.15) is 0 Å². The fourth-order valence-corrected chi connectivity index (χ4v) is 1.99. The number of nitrogens with two attached hydrogens (primary N) is 1. The van der Waals surface area contributed by atoms with Gasteiger partial charge in [0.2, 0.25) is 0 Å². The fraction of sp³-hybridized carbons (Fsp3) is 0.545. The zero-order valence-electron chi connectivity index (χ0n) is 8.37. The summed E-state index contributed by atoms with van der Waals surface area (Å²) in [4.78, 5) is 4.33. The van der Waals surface area contributed by atoms with Gasteiger partial charge in [0, 0.05) is 17.6 Å². The number of rotatable bonds is 2. The Morgan fingerprint density at radius 3 is 2.93 bits per heavy atom. The number of aromatic nitrogens is 1. The second kappa shape index (κ2) is 4.42. The van der Waals surface area contributed by atoms with E-state index in [1.54, 1.807) is 6.20 Å². The van der Waals surface area contributed by atoms with Crippen LogP contribution in [0.15, 0.2) is 18.3 Å². The van der Waals surface area contributed by atoms with Crippen molar-refractivity contribution in [3.05, 3.63) is 24.0 Å². The summed E-state index contributed by atoms with van der Waals surface area (Å²) in [5, 5.41) is 3.37. The van der Waals surface area contributed by atoms with Crippen molar-refractivity contribution < 1.29 is 0 Å². The number of pyridine rings is 1. The highest BCUT2D eigenvalue weighted by Crippen LogP contribution is 2.17. The van der Waals surface area contributed by atoms with Crippen molar-refractivity contribution in [2.24, 2.45) is 5.92 Å². The smallest absolute Gasteiger partial charge is 0.0426 e. The quantitative estimate of drug-likeness (QED) is 0.738. The number of piperidine rings is 1. The monoisotopic (exact) mass is 191 g/mol. The van der Waals surface area contributed by atoms with Crippen molar-refractivity contribution >= 4 is 5.69 Å². The van der Waals surface area contributed by atoms with E-state index in [1.807, 2.05) is 12.1 Å². The Balaban J connectivity index is 1.95. The average Bonchev–Trinajstić information content (AvgIpc) is 2.19. The van der Waals surface area contributed by atoms with E-state index in [0.717, 1.165) is 36.8 Å². The first-order chi connectivity index (χ1) is 6.84. The SMILES string of the molecule is Nc1ccnc(CC2CCNCC2)c1. The van der Waals surface area contributed by atoms with Crippen LogP contribution in [0.3, 0.4) is 0 Å². The van der Waals surface area contributed by atoms with Crippen molar-refractivity contribution in [2.45, 2.75) is 19.3 Å². The molecule has 1 aromatic rings. The maximum atomic E-state index is 5.71. The number of anilines is 1. The summed E-state index contributed by atoms with van der Waals surface area (Å²) in [7, 11) is 0. The number of hydrogen-bond acceptors (Lipinski definition) is 3. The maximum Gasteiger partial charge on any atom is 0.0426 e. The lowest BCUT2D eigenvalue weighted by molar-refractivity contribution is 0.370. The molecule has 2 rings (SSSR count). The van der Waals surface area contributed by atoms with Gasteiger partial charge in [0.25, 0.3) is 0 Å². The molecule has 2 heterocycles. The van der Waals surface area contributed by atoms with Crippen LogP contribution in [0, 0.1) is 5.92 Å².